The molecule has 0 aromatic carbocycles. The molecule has 1 fully saturated rings. The maximum atomic E-state index is 11.8. The Morgan fingerprint density at radius 1 is 0.812 bits per heavy atom. The maximum absolute atomic E-state index is 11.8. The predicted molar refractivity (Wildman–Crippen MR) is 50.4 cm³/mol. The largest absolute Gasteiger partial charge is 0.387 e. The Labute approximate surface area is 91.9 Å². The summed E-state index contributed by atoms with van der Waals surface area (Å²) in [6.45, 7) is -0.655. The lowest BCUT2D eigenvalue weighted by atomic mass is 9.85. The van der Waals surface area contributed by atoms with Gasteiger partial charge < -0.3 is 30.3 Å². The van der Waals surface area contributed by atoms with Crippen molar-refractivity contribution in [2.24, 2.45) is 0 Å². The van der Waals surface area contributed by atoms with Gasteiger partial charge in [0.05, 0.1) is 6.67 Å². The molecule has 0 aromatic heterocycles. The van der Waals surface area contributed by atoms with E-state index in [4.69, 9.17) is 4.74 Å². The summed E-state index contributed by atoms with van der Waals surface area (Å²) in [5.41, 5.74) is 0. The number of halogens is 1. The molecule has 0 aromatic rings. The van der Waals surface area contributed by atoms with E-state index in [1.807, 2.05) is 0 Å². The Hall–Kier alpha value is -0.310. The van der Waals surface area contributed by atoms with Gasteiger partial charge >= 0.3 is 0 Å². The lowest BCUT2D eigenvalue weighted by molar-refractivity contribution is -0.235. The van der Waals surface area contributed by atoms with Crippen LogP contribution in [-0.4, -0.2) is 75.4 Å². The molecule has 5 N–H and O–H groups in total. The summed E-state index contributed by atoms with van der Waals surface area (Å²) in [4.78, 5) is 0. The molecule has 0 heterocycles. The fraction of sp³-hybridized carbons (Fsp3) is 1.00. The molecule has 16 heavy (non-hydrogen) atoms. The second-order valence-electron chi connectivity index (χ2n) is 3.83. The smallest absolute Gasteiger partial charge is 0.114 e. The number of alkyl halides is 1. The monoisotopic (exact) mass is 240 g/mol. The Kier molecular flexibility index (Phi) is 5.03. The van der Waals surface area contributed by atoms with Crippen molar-refractivity contribution in [1.82, 2.24) is 0 Å². The van der Waals surface area contributed by atoms with E-state index in [-0.39, 0.29) is 13.0 Å². The van der Waals surface area contributed by atoms with E-state index in [1.54, 1.807) is 0 Å². The molecule has 96 valence electrons. The van der Waals surface area contributed by atoms with Crippen molar-refractivity contribution >= 4 is 0 Å². The van der Waals surface area contributed by atoms with E-state index in [2.05, 4.69) is 0 Å². The third kappa shape index (κ3) is 2.68. The Bertz CT molecular complexity index is 200. The molecule has 0 radical (unpaired) electrons. The maximum Gasteiger partial charge on any atom is 0.114 e. The van der Waals surface area contributed by atoms with Crippen molar-refractivity contribution in [2.75, 3.05) is 13.3 Å². The molecule has 0 amide bonds. The highest BCUT2D eigenvalue weighted by Crippen LogP contribution is 2.23. The molecular weight excluding hydrogens is 223 g/mol. The Morgan fingerprint density at radius 3 is 1.69 bits per heavy atom. The number of hydrogen-bond donors (Lipinski definition) is 5. The number of aliphatic hydroxyl groups excluding tert-OH is 5. The van der Waals surface area contributed by atoms with Crippen LogP contribution < -0.4 is 0 Å². The third-order valence-electron chi connectivity index (χ3n) is 2.66. The van der Waals surface area contributed by atoms with Crippen LogP contribution in [-0.2, 0) is 4.74 Å². The van der Waals surface area contributed by atoms with Crippen LogP contribution in [0.5, 0.6) is 0 Å². The van der Waals surface area contributed by atoms with Gasteiger partial charge in [-0.05, 0) is 6.42 Å². The Morgan fingerprint density at radius 2 is 1.25 bits per heavy atom. The van der Waals surface area contributed by atoms with Gasteiger partial charge in [0.15, 0.2) is 0 Å². The third-order valence-corrected chi connectivity index (χ3v) is 2.66. The fourth-order valence-corrected chi connectivity index (χ4v) is 1.67. The first-order chi connectivity index (χ1) is 7.50. The SMILES string of the molecule is OC1C(O)[C@H](OCCCF)C(O)C(O)[C@H]1O. The van der Waals surface area contributed by atoms with Crippen molar-refractivity contribution in [1.29, 1.82) is 0 Å². The average molecular weight is 240 g/mol. The number of hydrogen-bond acceptors (Lipinski definition) is 6. The summed E-state index contributed by atoms with van der Waals surface area (Å²) < 4.78 is 16.8. The molecule has 6 nitrogen and oxygen atoms in total. The van der Waals surface area contributed by atoms with Gasteiger partial charge in [0.25, 0.3) is 0 Å². The zero-order chi connectivity index (χ0) is 12.3. The fourth-order valence-electron chi connectivity index (χ4n) is 1.67. The lowest BCUT2D eigenvalue weighted by Gasteiger charge is -2.41. The molecule has 1 saturated carbocycles. The Balaban J connectivity index is 2.60. The minimum Gasteiger partial charge on any atom is -0.387 e. The average Bonchev–Trinajstić information content (AvgIpc) is 2.28. The predicted octanol–water partition coefficient (Wildman–Crippen LogP) is -2.45. The van der Waals surface area contributed by atoms with Gasteiger partial charge in [-0.3, -0.25) is 4.39 Å². The molecule has 7 heteroatoms. The lowest BCUT2D eigenvalue weighted by Crippen LogP contribution is -2.64. The number of rotatable bonds is 4. The van der Waals surface area contributed by atoms with Crippen LogP contribution in [0.4, 0.5) is 4.39 Å². The standard InChI is InChI=1S/C9H17FO6/c10-2-1-3-16-9-7(14)5(12)4(11)6(13)8(9)15/h4-9,11-15H,1-3H2/t4-,5?,6?,7?,8?,9-. The summed E-state index contributed by atoms with van der Waals surface area (Å²) >= 11 is 0. The molecule has 4 unspecified atom stereocenters. The van der Waals surface area contributed by atoms with Crippen molar-refractivity contribution in [3.63, 3.8) is 0 Å². The molecule has 0 aliphatic heterocycles. The van der Waals surface area contributed by atoms with Crippen LogP contribution in [0, 0.1) is 0 Å². The van der Waals surface area contributed by atoms with E-state index < -0.39 is 43.3 Å². The van der Waals surface area contributed by atoms with E-state index in [1.165, 1.54) is 0 Å². The second kappa shape index (κ2) is 5.85. The van der Waals surface area contributed by atoms with Crippen LogP contribution in [0.2, 0.25) is 0 Å². The topological polar surface area (TPSA) is 110 Å². The van der Waals surface area contributed by atoms with Crippen molar-refractivity contribution < 1.29 is 34.7 Å². The van der Waals surface area contributed by atoms with Crippen LogP contribution in [0.15, 0.2) is 0 Å². The summed E-state index contributed by atoms with van der Waals surface area (Å²) in [5, 5.41) is 46.9. The minimum absolute atomic E-state index is 0.0508. The first kappa shape index (κ1) is 13.8. The number of aliphatic hydroxyl groups is 5. The van der Waals surface area contributed by atoms with Crippen molar-refractivity contribution in [2.45, 2.75) is 43.0 Å². The minimum atomic E-state index is -1.63. The normalized spacial score (nSPS) is 44.6. The number of ether oxygens (including phenoxy) is 1. The van der Waals surface area contributed by atoms with E-state index in [0.717, 1.165) is 0 Å². The van der Waals surface area contributed by atoms with Crippen LogP contribution in [0.25, 0.3) is 0 Å². The summed E-state index contributed by atoms with van der Waals surface area (Å²) in [7, 11) is 0. The summed E-state index contributed by atoms with van der Waals surface area (Å²) in [6, 6.07) is 0. The highest BCUT2D eigenvalue weighted by molar-refractivity contribution is 4.99. The first-order valence-corrected chi connectivity index (χ1v) is 5.08. The van der Waals surface area contributed by atoms with Gasteiger partial charge in [-0.1, -0.05) is 0 Å². The molecular formula is C9H17FO6. The van der Waals surface area contributed by atoms with Gasteiger partial charge in [-0.2, -0.15) is 0 Å². The van der Waals surface area contributed by atoms with Crippen LogP contribution >= 0.6 is 0 Å². The van der Waals surface area contributed by atoms with E-state index in [0.29, 0.717) is 0 Å². The first-order valence-electron chi connectivity index (χ1n) is 5.08. The molecule has 4 atom stereocenters. The van der Waals surface area contributed by atoms with Crippen molar-refractivity contribution in [3.05, 3.63) is 0 Å². The molecule has 0 saturated heterocycles. The van der Waals surface area contributed by atoms with Gasteiger partial charge in [0.2, 0.25) is 0 Å². The van der Waals surface area contributed by atoms with Gasteiger partial charge in [-0.15, -0.1) is 0 Å². The van der Waals surface area contributed by atoms with E-state index in [9.17, 15) is 29.9 Å². The zero-order valence-electron chi connectivity index (χ0n) is 8.61. The summed E-state index contributed by atoms with van der Waals surface area (Å²) in [6.07, 6.45) is -9.03. The molecule has 1 aliphatic rings. The highest BCUT2D eigenvalue weighted by Gasteiger charge is 2.48. The van der Waals surface area contributed by atoms with Gasteiger partial charge in [0, 0.05) is 6.61 Å². The molecule has 0 bridgehead atoms. The van der Waals surface area contributed by atoms with Crippen LogP contribution in [0.1, 0.15) is 6.42 Å². The molecule has 1 rings (SSSR count). The zero-order valence-corrected chi connectivity index (χ0v) is 8.61. The van der Waals surface area contributed by atoms with Crippen LogP contribution in [0.3, 0.4) is 0 Å². The quantitative estimate of drug-likeness (QED) is 0.349. The molecule has 0 spiro atoms. The summed E-state index contributed by atoms with van der Waals surface area (Å²) in [5.74, 6) is 0. The van der Waals surface area contributed by atoms with E-state index >= 15 is 0 Å². The highest BCUT2D eigenvalue weighted by atomic mass is 19.1. The second-order valence-corrected chi connectivity index (χ2v) is 3.83. The van der Waals surface area contributed by atoms with Crippen molar-refractivity contribution in [3.8, 4) is 0 Å². The molecule has 1 aliphatic carbocycles. The van der Waals surface area contributed by atoms with Gasteiger partial charge in [0.1, 0.15) is 36.6 Å². The van der Waals surface area contributed by atoms with Gasteiger partial charge in [-0.25, -0.2) is 0 Å².